The van der Waals surface area contributed by atoms with Crippen molar-refractivity contribution in [1.82, 2.24) is 10.3 Å². The van der Waals surface area contributed by atoms with Gasteiger partial charge >= 0.3 is 5.97 Å². The molecule has 0 radical (unpaired) electrons. The maximum Gasteiger partial charge on any atom is 0.303 e. The summed E-state index contributed by atoms with van der Waals surface area (Å²) in [6.45, 7) is 3.44. The largest absolute Gasteiger partial charge is 0.481 e. The minimum Gasteiger partial charge on any atom is -0.481 e. The van der Waals surface area contributed by atoms with Gasteiger partial charge in [-0.05, 0) is 62.9 Å². The van der Waals surface area contributed by atoms with Gasteiger partial charge in [0.15, 0.2) is 0 Å². The second-order valence-corrected chi connectivity index (χ2v) is 10.5. The number of carbonyl (C=O) groups is 2. The summed E-state index contributed by atoms with van der Waals surface area (Å²) in [5, 5.41) is 12.3. The fourth-order valence-corrected chi connectivity index (χ4v) is 5.56. The molecular weight excluding hydrogens is 568 g/mol. The molecule has 6 nitrogen and oxygen atoms in total. The molecule has 0 aliphatic carbocycles. The van der Waals surface area contributed by atoms with E-state index >= 15 is 0 Å². The maximum absolute atomic E-state index is 14.7. The molecule has 1 fully saturated rings. The van der Waals surface area contributed by atoms with Gasteiger partial charge in [-0.25, -0.2) is 13.8 Å². The molecule has 2 heterocycles. The van der Waals surface area contributed by atoms with E-state index in [0.717, 1.165) is 60.3 Å². The standard InChI is InChI=1S/C27H27BrClF2N3O3/c1-15-23(18-13-17(28)6-9-21(18)33-26(15)34-11-3-2-4-12-34)27(37)32-14-16(5-10-22(35)36)24-19(30)7-8-20(31)25(24)29/h6-9,13,16H,2-5,10-12,14H2,1H3,(H,32,37)(H,35,36)/t16-/m1/s1. The monoisotopic (exact) mass is 593 g/mol. The molecule has 1 aliphatic heterocycles. The van der Waals surface area contributed by atoms with Crippen molar-refractivity contribution in [2.45, 2.75) is 44.9 Å². The zero-order valence-corrected chi connectivity index (χ0v) is 22.6. The number of amides is 1. The van der Waals surface area contributed by atoms with Gasteiger partial charge in [0.25, 0.3) is 5.91 Å². The Morgan fingerprint density at radius 1 is 1.16 bits per heavy atom. The summed E-state index contributed by atoms with van der Waals surface area (Å²) in [6, 6.07) is 7.41. The third-order valence-electron chi connectivity index (χ3n) is 6.75. The zero-order valence-electron chi connectivity index (χ0n) is 20.3. The summed E-state index contributed by atoms with van der Waals surface area (Å²) in [4.78, 5) is 31.9. The highest BCUT2D eigenvalue weighted by molar-refractivity contribution is 9.10. The van der Waals surface area contributed by atoms with Gasteiger partial charge in [0.2, 0.25) is 0 Å². The van der Waals surface area contributed by atoms with E-state index in [-0.39, 0.29) is 24.9 Å². The Morgan fingerprint density at radius 2 is 1.86 bits per heavy atom. The fourth-order valence-electron chi connectivity index (χ4n) is 4.89. The summed E-state index contributed by atoms with van der Waals surface area (Å²) < 4.78 is 29.6. The van der Waals surface area contributed by atoms with Gasteiger partial charge in [0.1, 0.15) is 17.5 Å². The van der Waals surface area contributed by atoms with Crippen LogP contribution in [0.1, 0.15) is 59.5 Å². The summed E-state index contributed by atoms with van der Waals surface area (Å²) >= 11 is 9.54. The molecule has 0 saturated carbocycles. The van der Waals surface area contributed by atoms with Gasteiger partial charge in [0, 0.05) is 53.0 Å². The van der Waals surface area contributed by atoms with Crippen molar-refractivity contribution < 1.29 is 23.5 Å². The second kappa shape index (κ2) is 11.7. The molecule has 3 aromatic rings. The number of aliphatic carboxylic acids is 1. The molecule has 1 aromatic heterocycles. The Balaban J connectivity index is 1.70. The van der Waals surface area contributed by atoms with Crippen LogP contribution in [0.25, 0.3) is 10.9 Å². The Kier molecular flexibility index (Phi) is 8.64. The van der Waals surface area contributed by atoms with Crippen molar-refractivity contribution in [3.05, 3.63) is 68.2 Å². The highest BCUT2D eigenvalue weighted by Gasteiger charge is 2.26. The van der Waals surface area contributed by atoms with Crippen molar-refractivity contribution in [1.29, 1.82) is 0 Å². The van der Waals surface area contributed by atoms with E-state index < -0.39 is 34.5 Å². The minimum absolute atomic E-state index is 0.0314. The fraction of sp³-hybridized carbons (Fsp3) is 0.370. The van der Waals surface area contributed by atoms with Crippen LogP contribution in [-0.4, -0.2) is 41.6 Å². The molecule has 1 aliphatic rings. The van der Waals surface area contributed by atoms with Gasteiger partial charge in [-0.1, -0.05) is 27.5 Å². The van der Waals surface area contributed by atoms with Gasteiger partial charge in [0.05, 0.1) is 16.1 Å². The number of hydrogen-bond acceptors (Lipinski definition) is 4. The minimum atomic E-state index is -1.09. The van der Waals surface area contributed by atoms with Crippen LogP contribution in [0.3, 0.4) is 0 Å². The van der Waals surface area contributed by atoms with E-state index in [2.05, 4.69) is 26.1 Å². The molecule has 1 atom stereocenters. The van der Waals surface area contributed by atoms with Crippen LogP contribution in [0, 0.1) is 18.6 Å². The van der Waals surface area contributed by atoms with Gasteiger partial charge in [-0.2, -0.15) is 0 Å². The Hall–Kier alpha value is -2.78. The average Bonchev–Trinajstić information content (AvgIpc) is 2.87. The maximum atomic E-state index is 14.7. The number of hydrogen-bond donors (Lipinski definition) is 2. The molecule has 1 amide bonds. The number of halogens is 4. The number of nitrogens with zero attached hydrogens (tertiary/aromatic N) is 2. The SMILES string of the molecule is Cc1c(N2CCCCC2)nc2ccc(Br)cc2c1C(=O)NC[C@@H](CCC(=O)O)c1c(F)ccc(F)c1Cl. The lowest BCUT2D eigenvalue weighted by molar-refractivity contribution is -0.137. The molecule has 0 bridgehead atoms. The zero-order chi connectivity index (χ0) is 26.7. The summed E-state index contributed by atoms with van der Waals surface area (Å²) in [6.07, 6.45) is 2.92. The number of carboxylic acids is 1. The van der Waals surface area contributed by atoms with E-state index in [1.807, 2.05) is 25.1 Å². The molecule has 10 heteroatoms. The van der Waals surface area contributed by atoms with Gasteiger partial charge < -0.3 is 15.3 Å². The van der Waals surface area contributed by atoms with Crippen LogP contribution in [0.4, 0.5) is 14.6 Å². The van der Waals surface area contributed by atoms with Crippen LogP contribution in [-0.2, 0) is 4.79 Å². The summed E-state index contributed by atoms with van der Waals surface area (Å²) in [5.74, 6) is -3.15. The van der Waals surface area contributed by atoms with Crippen LogP contribution in [0.15, 0.2) is 34.8 Å². The first-order valence-corrected chi connectivity index (χ1v) is 13.3. The highest BCUT2D eigenvalue weighted by Crippen LogP contribution is 2.34. The van der Waals surface area contributed by atoms with Crippen molar-refractivity contribution in [3.63, 3.8) is 0 Å². The van der Waals surface area contributed by atoms with Crippen LogP contribution in [0.5, 0.6) is 0 Å². The number of fused-ring (bicyclic) bond motifs is 1. The lowest BCUT2D eigenvalue weighted by Gasteiger charge is -2.30. The van der Waals surface area contributed by atoms with E-state index in [9.17, 15) is 23.5 Å². The molecule has 196 valence electrons. The lowest BCUT2D eigenvalue weighted by Crippen LogP contribution is -2.33. The lowest BCUT2D eigenvalue weighted by atomic mass is 9.93. The smallest absolute Gasteiger partial charge is 0.303 e. The van der Waals surface area contributed by atoms with Crippen LogP contribution >= 0.6 is 27.5 Å². The number of anilines is 1. The third kappa shape index (κ3) is 6.04. The molecule has 0 unspecified atom stereocenters. The van der Waals surface area contributed by atoms with E-state index in [4.69, 9.17) is 16.6 Å². The van der Waals surface area contributed by atoms with Crippen molar-refractivity contribution in [2.24, 2.45) is 0 Å². The molecule has 4 rings (SSSR count). The predicted molar refractivity (Wildman–Crippen MR) is 144 cm³/mol. The number of rotatable bonds is 8. The van der Waals surface area contributed by atoms with Gasteiger partial charge in [-0.3, -0.25) is 9.59 Å². The van der Waals surface area contributed by atoms with E-state index in [1.54, 1.807) is 0 Å². The second-order valence-electron chi connectivity index (χ2n) is 9.24. The quantitative estimate of drug-likeness (QED) is 0.287. The van der Waals surface area contributed by atoms with Gasteiger partial charge in [-0.15, -0.1) is 0 Å². The van der Waals surface area contributed by atoms with E-state index in [0.29, 0.717) is 16.5 Å². The number of piperidine rings is 1. The number of aromatic nitrogens is 1. The topological polar surface area (TPSA) is 82.5 Å². The first-order valence-electron chi connectivity index (χ1n) is 12.2. The number of carbonyl (C=O) groups excluding carboxylic acids is 1. The number of pyridine rings is 1. The van der Waals surface area contributed by atoms with Crippen LogP contribution in [0.2, 0.25) is 5.02 Å². The number of benzene rings is 2. The van der Waals surface area contributed by atoms with Crippen molar-refractivity contribution in [2.75, 3.05) is 24.5 Å². The van der Waals surface area contributed by atoms with Crippen LogP contribution < -0.4 is 10.2 Å². The molecule has 37 heavy (non-hydrogen) atoms. The number of carboxylic acid groups (broad SMARTS) is 1. The molecule has 2 N–H and O–H groups in total. The average molecular weight is 595 g/mol. The van der Waals surface area contributed by atoms with Crippen molar-refractivity contribution >= 4 is 56.1 Å². The summed E-state index contributed by atoms with van der Waals surface area (Å²) in [7, 11) is 0. The molecule has 0 spiro atoms. The Morgan fingerprint density at radius 3 is 2.57 bits per heavy atom. The van der Waals surface area contributed by atoms with E-state index in [1.165, 1.54) is 0 Å². The predicted octanol–water partition coefficient (Wildman–Crippen LogP) is 6.61. The Labute approximate surface area is 227 Å². The molecule has 1 saturated heterocycles. The molecular formula is C27H27BrClF2N3O3. The summed E-state index contributed by atoms with van der Waals surface area (Å²) in [5.41, 5.74) is 1.69. The first-order chi connectivity index (χ1) is 17.7. The van der Waals surface area contributed by atoms with Crippen molar-refractivity contribution in [3.8, 4) is 0 Å². The first kappa shape index (κ1) is 27.3. The third-order valence-corrected chi connectivity index (χ3v) is 7.63. The number of nitrogens with one attached hydrogen (secondary N) is 1. The molecule has 2 aromatic carbocycles. The Bertz CT molecular complexity index is 1350. The normalized spacial score (nSPS) is 14.6. The highest BCUT2D eigenvalue weighted by atomic mass is 79.9.